The van der Waals surface area contributed by atoms with Crippen LogP contribution in [0.1, 0.15) is 37.7 Å². The van der Waals surface area contributed by atoms with Crippen LogP contribution < -0.4 is 16.6 Å². The van der Waals surface area contributed by atoms with Gasteiger partial charge in [-0.15, -0.1) is 22.7 Å². The molecule has 0 aromatic carbocycles. The predicted molar refractivity (Wildman–Crippen MR) is 119 cm³/mol. The summed E-state index contributed by atoms with van der Waals surface area (Å²) in [4.78, 5) is 44.5. The Morgan fingerprint density at radius 2 is 2.03 bits per heavy atom. The van der Waals surface area contributed by atoms with Gasteiger partial charge in [-0.2, -0.15) is 0 Å². The zero-order chi connectivity index (χ0) is 20.9. The van der Waals surface area contributed by atoms with Gasteiger partial charge in [-0.25, -0.2) is 4.98 Å². The first-order chi connectivity index (χ1) is 13.8. The van der Waals surface area contributed by atoms with Gasteiger partial charge in [-0.1, -0.05) is 11.8 Å². The monoisotopic (exact) mass is 448 g/mol. The minimum absolute atomic E-state index is 0.0793. The smallest absolute Gasteiger partial charge is 0.262 e. The summed E-state index contributed by atoms with van der Waals surface area (Å²) in [5, 5.41) is 4.47. The number of nitrogens with one attached hydrogen (secondary N) is 1. The van der Waals surface area contributed by atoms with E-state index in [0.29, 0.717) is 25.9 Å². The number of aryl methyl sites for hydroxylation is 3. The van der Waals surface area contributed by atoms with Crippen molar-refractivity contribution in [3.05, 3.63) is 36.8 Å². The van der Waals surface area contributed by atoms with Gasteiger partial charge >= 0.3 is 0 Å². The van der Waals surface area contributed by atoms with E-state index in [4.69, 9.17) is 5.73 Å². The van der Waals surface area contributed by atoms with Gasteiger partial charge in [0.1, 0.15) is 9.83 Å². The van der Waals surface area contributed by atoms with Crippen molar-refractivity contribution in [2.75, 3.05) is 11.1 Å². The summed E-state index contributed by atoms with van der Waals surface area (Å²) in [5.74, 6) is -0.689. The zero-order valence-electron chi connectivity index (χ0n) is 16.2. The molecule has 4 rings (SSSR count). The van der Waals surface area contributed by atoms with Crippen molar-refractivity contribution in [1.82, 2.24) is 9.55 Å². The second-order valence-electron chi connectivity index (χ2n) is 6.98. The number of primary amides is 1. The lowest BCUT2D eigenvalue weighted by Crippen LogP contribution is -2.22. The number of carbonyl (C=O) groups excluding carboxylic acids is 2. The second kappa shape index (κ2) is 7.58. The number of aromatic nitrogens is 2. The molecule has 1 aliphatic rings. The van der Waals surface area contributed by atoms with Crippen LogP contribution in [0.4, 0.5) is 5.00 Å². The third kappa shape index (κ3) is 3.49. The number of amides is 2. The van der Waals surface area contributed by atoms with Gasteiger partial charge in [0.25, 0.3) is 11.5 Å². The lowest BCUT2D eigenvalue weighted by molar-refractivity contribution is -0.113. The third-order valence-electron chi connectivity index (χ3n) is 5.12. The molecule has 0 radical (unpaired) electrons. The Bertz CT molecular complexity index is 1220. The molecule has 152 valence electrons. The van der Waals surface area contributed by atoms with Gasteiger partial charge in [0.15, 0.2) is 5.16 Å². The molecule has 10 heteroatoms. The lowest BCUT2D eigenvalue weighted by Gasteiger charge is -2.08. The van der Waals surface area contributed by atoms with Crippen LogP contribution >= 0.6 is 34.4 Å². The molecule has 0 fully saturated rings. The number of nitrogens with zero attached hydrogens (tertiary/aromatic N) is 2. The van der Waals surface area contributed by atoms with E-state index in [0.717, 1.165) is 40.1 Å². The van der Waals surface area contributed by atoms with Crippen molar-refractivity contribution < 1.29 is 9.59 Å². The average molecular weight is 449 g/mol. The Hall–Kier alpha value is -2.17. The van der Waals surface area contributed by atoms with Gasteiger partial charge in [0.2, 0.25) is 5.91 Å². The number of nitrogens with two attached hydrogens (primary N) is 1. The topological polar surface area (TPSA) is 107 Å². The molecular formula is C19H20N4O3S3. The highest BCUT2D eigenvalue weighted by molar-refractivity contribution is 7.99. The van der Waals surface area contributed by atoms with Gasteiger partial charge in [0, 0.05) is 16.8 Å². The van der Waals surface area contributed by atoms with E-state index in [9.17, 15) is 14.4 Å². The SMILES string of the molecule is Cc1sc2nc(SCC(=O)Nc3sc4c(c3C(N)=O)CCC4)n(C)c(=O)c2c1C. The van der Waals surface area contributed by atoms with E-state index in [2.05, 4.69) is 10.3 Å². The molecule has 0 atom stereocenters. The molecular weight excluding hydrogens is 428 g/mol. The van der Waals surface area contributed by atoms with E-state index in [1.165, 1.54) is 39.0 Å². The van der Waals surface area contributed by atoms with Crippen LogP contribution in [0.25, 0.3) is 10.2 Å². The normalized spacial score (nSPS) is 13.1. The predicted octanol–water partition coefficient (Wildman–Crippen LogP) is 2.99. The molecule has 0 unspecified atom stereocenters. The zero-order valence-corrected chi connectivity index (χ0v) is 18.7. The first kappa shape index (κ1) is 20.1. The number of fused-ring (bicyclic) bond motifs is 2. The van der Waals surface area contributed by atoms with Crippen LogP contribution in [-0.2, 0) is 24.7 Å². The van der Waals surface area contributed by atoms with Crippen molar-refractivity contribution in [1.29, 1.82) is 0 Å². The van der Waals surface area contributed by atoms with Crippen molar-refractivity contribution in [3.63, 3.8) is 0 Å². The van der Waals surface area contributed by atoms with Gasteiger partial charge < -0.3 is 11.1 Å². The Balaban J connectivity index is 1.53. The lowest BCUT2D eigenvalue weighted by atomic mass is 10.1. The van der Waals surface area contributed by atoms with E-state index in [-0.39, 0.29) is 17.2 Å². The highest BCUT2D eigenvalue weighted by Crippen LogP contribution is 2.39. The molecule has 0 saturated heterocycles. The molecule has 7 nitrogen and oxygen atoms in total. The highest BCUT2D eigenvalue weighted by Gasteiger charge is 2.26. The molecule has 3 aromatic rings. The Kier molecular flexibility index (Phi) is 5.26. The maximum absolute atomic E-state index is 12.7. The first-order valence-corrected chi connectivity index (χ1v) is 11.7. The molecule has 3 aromatic heterocycles. The second-order valence-corrected chi connectivity index (χ2v) is 10.2. The number of thioether (sulfide) groups is 1. The minimum atomic E-state index is -0.509. The molecule has 0 saturated carbocycles. The fourth-order valence-electron chi connectivity index (χ4n) is 3.53. The number of thiophene rings is 2. The summed E-state index contributed by atoms with van der Waals surface area (Å²) in [6, 6.07) is 0. The molecule has 29 heavy (non-hydrogen) atoms. The summed E-state index contributed by atoms with van der Waals surface area (Å²) in [6.07, 6.45) is 2.74. The minimum Gasteiger partial charge on any atom is -0.365 e. The number of anilines is 1. The first-order valence-electron chi connectivity index (χ1n) is 9.11. The van der Waals surface area contributed by atoms with Crippen LogP contribution in [0.15, 0.2) is 9.95 Å². The fraction of sp³-hybridized carbons (Fsp3) is 0.368. The molecule has 1 aliphatic carbocycles. The Morgan fingerprint density at radius 1 is 1.28 bits per heavy atom. The summed E-state index contributed by atoms with van der Waals surface area (Å²) in [7, 11) is 1.66. The molecule has 3 N–H and O–H groups in total. The van der Waals surface area contributed by atoms with Crippen molar-refractivity contribution >= 4 is 61.5 Å². The van der Waals surface area contributed by atoms with Crippen LogP contribution in [0, 0.1) is 13.8 Å². The summed E-state index contributed by atoms with van der Waals surface area (Å²) < 4.78 is 1.48. The van der Waals surface area contributed by atoms with Crippen molar-refractivity contribution in [2.45, 2.75) is 38.3 Å². The van der Waals surface area contributed by atoms with Gasteiger partial charge in [-0.05, 0) is 44.2 Å². The van der Waals surface area contributed by atoms with E-state index >= 15 is 0 Å². The molecule has 0 aliphatic heterocycles. The average Bonchev–Trinajstić information content (AvgIpc) is 3.30. The highest BCUT2D eigenvalue weighted by atomic mass is 32.2. The van der Waals surface area contributed by atoms with Crippen LogP contribution in [-0.4, -0.2) is 27.1 Å². The van der Waals surface area contributed by atoms with Crippen molar-refractivity contribution in [2.24, 2.45) is 12.8 Å². The summed E-state index contributed by atoms with van der Waals surface area (Å²) >= 11 is 4.11. The maximum Gasteiger partial charge on any atom is 0.262 e. The maximum atomic E-state index is 12.7. The molecule has 0 spiro atoms. The molecule has 0 bridgehead atoms. The third-order valence-corrected chi connectivity index (χ3v) is 8.46. The number of carbonyl (C=O) groups is 2. The Morgan fingerprint density at radius 3 is 2.76 bits per heavy atom. The number of hydrogen-bond donors (Lipinski definition) is 2. The van der Waals surface area contributed by atoms with Gasteiger partial charge in [0.05, 0.1) is 16.7 Å². The van der Waals surface area contributed by atoms with E-state index < -0.39 is 5.91 Å². The fourth-order valence-corrected chi connectivity index (χ4v) is 6.68. The standard InChI is InChI=1S/C19H20N4O3S3/c1-8-9(2)28-16-13(8)18(26)23(3)19(22-16)27-7-12(24)21-17-14(15(20)25)10-5-4-6-11(10)29-17/h4-7H2,1-3H3,(H2,20,25)(H,21,24). The van der Waals surface area contributed by atoms with Crippen LogP contribution in [0.5, 0.6) is 0 Å². The van der Waals surface area contributed by atoms with Crippen LogP contribution in [0.2, 0.25) is 0 Å². The molecule has 2 amide bonds. The number of hydrogen-bond acceptors (Lipinski definition) is 7. The van der Waals surface area contributed by atoms with E-state index in [1.807, 2.05) is 13.8 Å². The van der Waals surface area contributed by atoms with E-state index in [1.54, 1.807) is 7.05 Å². The molecule has 3 heterocycles. The summed E-state index contributed by atoms with van der Waals surface area (Å²) in [5.41, 5.74) is 7.81. The Labute approximate surface area is 179 Å². The quantitative estimate of drug-likeness (QED) is 0.461. The van der Waals surface area contributed by atoms with Crippen molar-refractivity contribution in [3.8, 4) is 0 Å². The summed E-state index contributed by atoms with van der Waals surface area (Å²) in [6.45, 7) is 3.89. The van der Waals surface area contributed by atoms with Gasteiger partial charge in [-0.3, -0.25) is 19.0 Å². The van der Waals surface area contributed by atoms with Crippen LogP contribution in [0.3, 0.4) is 0 Å². The largest absolute Gasteiger partial charge is 0.365 e. The number of rotatable bonds is 5.